The minimum atomic E-state index is -1.22. The van der Waals surface area contributed by atoms with E-state index in [4.69, 9.17) is 0 Å². The van der Waals surface area contributed by atoms with Gasteiger partial charge in [0, 0.05) is 0 Å². The normalized spacial score (nSPS) is 18.7. The summed E-state index contributed by atoms with van der Waals surface area (Å²) in [6.07, 6.45) is 2.48. The minimum Gasteiger partial charge on any atom is -0.481 e. The van der Waals surface area contributed by atoms with Gasteiger partial charge in [-0.15, -0.1) is 0 Å². The molecule has 0 aliphatic carbocycles. The minimum absolute atomic E-state index is 0.0435. The Hall–Kier alpha value is -1.06. The van der Waals surface area contributed by atoms with Gasteiger partial charge in [-0.2, -0.15) is 0 Å². The summed E-state index contributed by atoms with van der Waals surface area (Å²) in [5.74, 6) is -2.83. The van der Waals surface area contributed by atoms with Crippen molar-refractivity contribution in [2.24, 2.45) is 34.5 Å². The molecular formula is C20H38O4. The zero-order valence-electron chi connectivity index (χ0n) is 16.8. The van der Waals surface area contributed by atoms with Crippen LogP contribution < -0.4 is 0 Å². The van der Waals surface area contributed by atoms with Gasteiger partial charge in [0.05, 0.1) is 11.3 Å². The van der Waals surface area contributed by atoms with E-state index in [0.29, 0.717) is 25.2 Å². The highest BCUT2D eigenvalue weighted by Gasteiger charge is 2.54. The summed E-state index contributed by atoms with van der Waals surface area (Å²) < 4.78 is 0. The standard InChI is InChI=1S/C20H38O4/c1-9-10-20(18(23)24,15(5)12-19(6,7)8)16(17(21)22)14(4)11-13(2)3/h13-16H,9-12H2,1-8H3,(H,21,22)(H,23,24). The van der Waals surface area contributed by atoms with Gasteiger partial charge >= 0.3 is 11.9 Å². The van der Waals surface area contributed by atoms with E-state index < -0.39 is 23.3 Å². The first-order chi connectivity index (χ1) is 10.8. The Morgan fingerprint density at radius 2 is 1.50 bits per heavy atom. The lowest BCUT2D eigenvalue weighted by Gasteiger charge is -2.44. The molecule has 0 aromatic rings. The van der Waals surface area contributed by atoms with E-state index in [1.807, 2.05) is 20.8 Å². The van der Waals surface area contributed by atoms with Crippen LogP contribution in [0.4, 0.5) is 0 Å². The van der Waals surface area contributed by atoms with Crippen molar-refractivity contribution in [1.29, 1.82) is 0 Å². The van der Waals surface area contributed by atoms with Crippen molar-refractivity contribution in [2.45, 2.75) is 81.1 Å². The van der Waals surface area contributed by atoms with Gasteiger partial charge in [0.25, 0.3) is 0 Å². The Morgan fingerprint density at radius 3 is 1.79 bits per heavy atom. The molecule has 0 spiro atoms. The van der Waals surface area contributed by atoms with Crippen LogP contribution in [0, 0.1) is 34.5 Å². The summed E-state index contributed by atoms with van der Waals surface area (Å²) in [6, 6.07) is 0. The van der Waals surface area contributed by atoms with E-state index in [0.717, 1.165) is 6.42 Å². The number of aliphatic carboxylic acids is 2. The number of carboxylic acids is 2. The summed E-state index contributed by atoms with van der Waals surface area (Å²) in [6.45, 7) is 16.1. The Bertz CT molecular complexity index is 422. The Kier molecular flexibility index (Phi) is 8.47. The van der Waals surface area contributed by atoms with Crippen molar-refractivity contribution >= 4 is 11.9 Å². The molecule has 0 radical (unpaired) electrons. The zero-order chi connectivity index (χ0) is 19.3. The van der Waals surface area contributed by atoms with Crippen LogP contribution in [0.15, 0.2) is 0 Å². The lowest BCUT2D eigenvalue weighted by molar-refractivity contribution is -0.173. The molecular weight excluding hydrogens is 304 g/mol. The highest BCUT2D eigenvalue weighted by molar-refractivity contribution is 5.84. The lowest BCUT2D eigenvalue weighted by atomic mass is 9.57. The first kappa shape index (κ1) is 22.9. The fourth-order valence-electron chi connectivity index (χ4n) is 4.52. The molecule has 0 saturated carbocycles. The van der Waals surface area contributed by atoms with Gasteiger partial charge in [-0.25, -0.2) is 0 Å². The summed E-state index contributed by atoms with van der Waals surface area (Å²) in [5.41, 5.74) is -1.26. The van der Waals surface area contributed by atoms with Gasteiger partial charge < -0.3 is 10.2 Å². The molecule has 0 amide bonds. The van der Waals surface area contributed by atoms with Crippen LogP contribution in [0.25, 0.3) is 0 Å². The van der Waals surface area contributed by atoms with Crippen molar-refractivity contribution in [3.8, 4) is 0 Å². The average molecular weight is 343 g/mol. The molecule has 0 saturated heterocycles. The molecule has 0 heterocycles. The fourth-order valence-corrected chi connectivity index (χ4v) is 4.52. The molecule has 4 atom stereocenters. The fraction of sp³-hybridized carbons (Fsp3) is 0.900. The van der Waals surface area contributed by atoms with Gasteiger partial charge in [0.1, 0.15) is 0 Å². The topological polar surface area (TPSA) is 74.6 Å². The number of hydrogen-bond donors (Lipinski definition) is 2. The maximum absolute atomic E-state index is 12.4. The molecule has 0 fully saturated rings. The second-order valence-electron chi connectivity index (χ2n) is 9.18. The predicted molar refractivity (Wildman–Crippen MR) is 98.0 cm³/mol. The van der Waals surface area contributed by atoms with E-state index in [-0.39, 0.29) is 17.3 Å². The summed E-state index contributed by atoms with van der Waals surface area (Å²) in [7, 11) is 0. The average Bonchev–Trinajstić information content (AvgIpc) is 2.33. The van der Waals surface area contributed by atoms with E-state index in [2.05, 4.69) is 34.6 Å². The summed E-state index contributed by atoms with van der Waals surface area (Å²) in [4.78, 5) is 24.6. The van der Waals surface area contributed by atoms with Crippen LogP contribution in [-0.4, -0.2) is 22.2 Å². The van der Waals surface area contributed by atoms with E-state index in [1.165, 1.54) is 0 Å². The van der Waals surface area contributed by atoms with Crippen LogP contribution in [0.3, 0.4) is 0 Å². The van der Waals surface area contributed by atoms with Gasteiger partial charge in [-0.05, 0) is 42.4 Å². The highest BCUT2D eigenvalue weighted by Crippen LogP contribution is 2.49. The Labute approximate surface area is 148 Å². The third kappa shape index (κ3) is 5.78. The van der Waals surface area contributed by atoms with Gasteiger partial charge in [0.15, 0.2) is 0 Å². The van der Waals surface area contributed by atoms with Crippen molar-refractivity contribution < 1.29 is 19.8 Å². The highest BCUT2D eigenvalue weighted by atomic mass is 16.4. The molecule has 2 N–H and O–H groups in total. The monoisotopic (exact) mass is 342 g/mol. The zero-order valence-corrected chi connectivity index (χ0v) is 16.8. The van der Waals surface area contributed by atoms with Gasteiger partial charge in [-0.1, -0.05) is 61.8 Å². The maximum atomic E-state index is 12.4. The first-order valence-corrected chi connectivity index (χ1v) is 9.25. The van der Waals surface area contributed by atoms with Crippen molar-refractivity contribution in [3.05, 3.63) is 0 Å². The van der Waals surface area contributed by atoms with Crippen molar-refractivity contribution in [1.82, 2.24) is 0 Å². The van der Waals surface area contributed by atoms with E-state index in [1.54, 1.807) is 0 Å². The molecule has 0 aliphatic rings. The van der Waals surface area contributed by atoms with Crippen LogP contribution in [0.5, 0.6) is 0 Å². The molecule has 142 valence electrons. The number of carboxylic acid groups (broad SMARTS) is 2. The quantitative estimate of drug-likeness (QED) is 0.564. The molecule has 0 aliphatic heterocycles. The third-order valence-corrected chi connectivity index (χ3v) is 5.09. The molecule has 24 heavy (non-hydrogen) atoms. The SMILES string of the molecule is CCCC(C(=O)O)(C(C)CC(C)(C)C)C(C(=O)O)C(C)CC(C)C. The Balaban J connectivity index is 6.11. The smallest absolute Gasteiger partial charge is 0.310 e. The van der Waals surface area contributed by atoms with Gasteiger partial charge in [0.2, 0.25) is 0 Å². The summed E-state index contributed by atoms with van der Waals surface area (Å²) >= 11 is 0. The molecule has 0 rings (SSSR count). The molecule has 0 aromatic heterocycles. The molecule has 4 heteroatoms. The predicted octanol–water partition coefficient (Wildman–Crippen LogP) is 5.31. The second kappa shape index (κ2) is 8.87. The second-order valence-corrected chi connectivity index (χ2v) is 9.18. The van der Waals surface area contributed by atoms with Crippen LogP contribution in [0.1, 0.15) is 81.1 Å². The van der Waals surface area contributed by atoms with Crippen molar-refractivity contribution in [2.75, 3.05) is 0 Å². The van der Waals surface area contributed by atoms with Crippen LogP contribution in [0.2, 0.25) is 0 Å². The molecule has 4 unspecified atom stereocenters. The summed E-state index contributed by atoms with van der Waals surface area (Å²) in [5, 5.41) is 20.1. The van der Waals surface area contributed by atoms with E-state index in [9.17, 15) is 19.8 Å². The maximum Gasteiger partial charge on any atom is 0.310 e. The number of hydrogen-bond acceptors (Lipinski definition) is 2. The molecule has 0 bridgehead atoms. The third-order valence-electron chi connectivity index (χ3n) is 5.09. The lowest BCUT2D eigenvalue weighted by Crippen LogP contribution is -2.50. The molecule has 4 nitrogen and oxygen atoms in total. The van der Waals surface area contributed by atoms with Crippen LogP contribution >= 0.6 is 0 Å². The van der Waals surface area contributed by atoms with Crippen LogP contribution in [-0.2, 0) is 9.59 Å². The molecule has 0 aromatic carbocycles. The number of carbonyl (C=O) groups is 2. The largest absolute Gasteiger partial charge is 0.481 e. The van der Waals surface area contributed by atoms with Gasteiger partial charge in [-0.3, -0.25) is 9.59 Å². The Morgan fingerprint density at radius 1 is 1.00 bits per heavy atom. The van der Waals surface area contributed by atoms with Crippen molar-refractivity contribution in [3.63, 3.8) is 0 Å². The number of rotatable bonds is 10. The first-order valence-electron chi connectivity index (χ1n) is 9.25. The van der Waals surface area contributed by atoms with E-state index >= 15 is 0 Å².